The molecule has 3 rings (SSSR count). The molecule has 1 fully saturated rings. The molecule has 0 aliphatic carbocycles. The molecule has 138 valence electrons. The van der Waals surface area contributed by atoms with Crippen molar-refractivity contribution in [3.63, 3.8) is 0 Å². The van der Waals surface area contributed by atoms with Crippen molar-refractivity contribution in [1.82, 2.24) is 20.2 Å². The number of nitrogens with one attached hydrogen (secondary N) is 2. The lowest BCUT2D eigenvalue weighted by molar-refractivity contribution is -0.129. The number of carbonyl (C=O) groups is 2. The van der Waals surface area contributed by atoms with Crippen LogP contribution in [-0.4, -0.2) is 53.4 Å². The Kier molecular flexibility index (Phi) is 5.88. The molecule has 1 aromatic heterocycles. The van der Waals surface area contributed by atoms with Gasteiger partial charge in [0.05, 0.1) is 19.4 Å². The predicted octanol–water partition coefficient (Wildman–Crippen LogP) is 1.17. The van der Waals surface area contributed by atoms with Crippen LogP contribution in [0.2, 0.25) is 0 Å². The molecule has 26 heavy (non-hydrogen) atoms. The average molecular weight is 356 g/mol. The minimum atomic E-state index is -0.276. The van der Waals surface area contributed by atoms with Crippen molar-refractivity contribution in [2.45, 2.75) is 19.3 Å². The summed E-state index contributed by atoms with van der Waals surface area (Å²) in [7, 11) is 1.64. The number of carbonyl (C=O) groups excluding carboxylic acids is 2. The van der Waals surface area contributed by atoms with E-state index >= 15 is 0 Å². The van der Waals surface area contributed by atoms with E-state index < -0.39 is 0 Å². The van der Waals surface area contributed by atoms with E-state index in [1.54, 1.807) is 24.5 Å². The fourth-order valence-electron chi connectivity index (χ4n) is 3.21. The van der Waals surface area contributed by atoms with Crippen molar-refractivity contribution in [1.29, 1.82) is 0 Å². The number of benzene rings is 1. The van der Waals surface area contributed by atoms with Crippen LogP contribution in [0.15, 0.2) is 36.8 Å². The minimum Gasteiger partial charge on any atom is -0.496 e. The van der Waals surface area contributed by atoms with Gasteiger partial charge >= 0.3 is 0 Å². The molecular formula is C19H24N4O3. The van der Waals surface area contributed by atoms with Gasteiger partial charge in [-0.05, 0) is 18.1 Å². The standard InChI is InChI=1S/C19H24N4O3/c1-26-17-5-3-2-4-14(17)7-9-23-12-15(10-18(23)24)19(25)21-8-6-16-11-20-13-22-16/h2-5,11,13,15H,6-10,12H2,1H3,(H,20,22)(H,21,25)/t15-/m1/s1. The molecule has 1 atom stereocenters. The summed E-state index contributed by atoms with van der Waals surface area (Å²) < 4.78 is 5.35. The Morgan fingerprint density at radius 3 is 3.00 bits per heavy atom. The molecule has 2 heterocycles. The minimum absolute atomic E-state index is 0.0358. The van der Waals surface area contributed by atoms with Crippen molar-refractivity contribution in [3.05, 3.63) is 48.0 Å². The molecule has 1 aliphatic heterocycles. The smallest absolute Gasteiger partial charge is 0.225 e. The van der Waals surface area contributed by atoms with Crippen molar-refractivity contribution in [3.8, 4) is 5.75 Å². The summed E-state index contributed by atoms with van der Waals surface area (Å²) in [6.45, 7) is 1.61. The third-order valence-electron chi connectivity index (χ3n) is 4.68. The van der Waals surface area contributed by atoms with E-state index in [-0.39, 0.29) is 24.2 Å². The van der Waals surface area contributed by atoms with E-state index in [1.165, 1.54) is 0 Å². The zero-order chi connectivity index (χ0) is 18.4. The summed E-state index contributed by atoms with van der Waals surface area (Å²) in [6, 6.07) is 7.79. The van der Waals surface area contributed by atoms with E-state index in [9.17, 15) is 9.59 Å². The SMILES string of the molecule is COc1ccccc1CCN1C[C@H](C(=O)NCCc2cnc[nH]2)CC1=O. The zero-order valence-corrected chi connectivity index (χ0v) is 14.9. The topological polar surface area (TPSA) is 87.3 Å². The Morgan fingerprint density at radius 1 is 1.38 bits per heavy atom. The van der Waals surface area contributed by atoms with Gasteiger partial charge in [0.25, 0.3) is 0 Å². The Labute approximate surface area is 152 Å². The highest BCUT2D eigenvalue weighted by atomic mass is 16.5. The van der Waals surface area contributed by atoms with E-state index in [0.29, 0.717) is 32.5 Å². The van der Waals surface area contributed by atoms with Crippen molar-refractivity contribution >= 4 is 11.8 Å². The fourth-order valence-corrected chi connectivity index (χ4v) is 3.21. The third kappa shape index (κ3) is 4.41. The first-order valence-electron chi connectivity index (χ1n) is 8.82. The number of methoxy groups -OCH3 is 1. The van der Waals surface area contributed by atoms with Gasteiger partial charge in [0.15, 0.2) is 0 Å². The summed E-state index contributed by atoms with van der Waals surface area (Å²) in [4.78, 5) is 33.2. The van der Waals surface area contributed by atoms with E-state index in [2.05, 4.69) is 15.3 Å². The van der Waals surface area contributed by atoms with Crippen LogP contribution in [0.3, 0.4) is 0 Å². The van der Waals surface area contributed by atoms with Crippen LogP contribution in [0, 0.1) is 5.92 Å². The number of nitrogens with zero attached hydrogens (tertiary/aromatic N) is 2. The van der Waals surface area contributed by atoms with Gasteiger partial charge in [-0.2, -0.15) is 0 Å². The maximum absolute atomic E-state index is 12.3. The maximum atomic E-state index is 12.3. The van der Waals surface area contributed by atoms with Gasteiger partial charge in [-0.3, -0.25) is 9.59 Å². The third-order valence-corrected chi connectivity index (χ3v) is 4.68. The quantitative estimate of drug-likeness (QED) is 0.743. The Bertz CT molecular complexity index is 745. The number of aromatic nitrogens is 2. The monoisotopic (exact) mass is 356 g/mol. The van der Waals surface area contributed by atoms with Crippen molar-refractivity contribution in [2.24, 2.45) is 5.92 Å². The normalized spacial score (nSPS) is 16.7. The van der Waals surface area contributed by atoms with Gasteiger partial charge in [0.1, 0.15) is 5.75 Å². The molecule has 0 spiro atoms. The summed E-state index contributed by atoms with van der Waals surface area (Å²) in [5.41, 5.74) is 2.04. The highest BCUT2D eigenvalue weighted by Crippen LogP contribution is 2.21. The number of rotatable bonds is 8. The van der Waals surface area contributed by atoms with Crippen LogP contribution >= 0.6 is 0 Å². The highest BCUT2D eigenvalue weighted by Gasteiger charge is 2.33. The number of amides is 2. The lowest BCUT2D eigenvalue weighted by Crippen LogP contribution is -2.34. The molecule has 7 heteroatoms. The molecule has 1 saturated heterocycles. The average Bonchev–Trinajstić information content (AvgIpc) is 3.30. The highest BCUT2D eigenvalue weighted by molar-refractivity contribution is 5.89. The van der Waals surface area contributed by atoms with E-state index in [4.69, 9.17) is 4.74 Å². The molecule has 2 aromatic rings. The Balaban J connectivity index is 1.46. The first-order chi connectivity index (χ1) is 12.7. The van der Waals surface area contributed by atoms with Crippen molar-refractivity contribution < 1.29 is 14.3 Å². The van der Waals surface area contributed by atoms with Gasteiger partial charge in [0, 0.05) is 44.4 Å². The lowest BCUT2D eigenvalue weighted by Gasteiger charge is -2.17. The second-order valence-corrected chi connectivity index (χ2v) is 6.42. The summed E-state index contributed by atoms with van der Waals surface area (Å²) >= 11 is 0. The molecule has 2 amide bonds. The second-order valence-electron chi connectivity index (χ2n) is 6.42. The van der Waals surface area contributed by atoms with Gasteiger partial charge < -0.3 is 19.9 Å². The number of hydrogen-bond donors (Lipinski definition) is 2. The first-order valence-corrected chi connectivity index (χ1v) is 8.82. The number of hydrogen-bond acceptors (Lipinski definition) is 4. The molecule has 0 bridgehead atoms. The van der Waals surface area contributed by atoms with Gasteiger partial charge in [-0.1, -0.05) is 18.2 Å². The molecule has 0 unspecified atom stereocenters. The zero-order valence-electron chi connectivity index (χ0n) is 14.9. The molecule has 7 nitrogen and oxygen atoms in total. The lowest BCUT2D eigenvalue weighted by atomic mass is 10.1. The van der Waals surface area contributed by atoms with Gasteiger partial charge in [-0.15, -0.1) is 0 Å². The number of imidazole rings is 1. The maximum Gasteiger partial charge on any atom is 0.225 e. The van der Waals surface area contributed by atoms with Crippen molar-refractivity contribution in [2.75, 3.05) is 26.7 Å². The van der Waals surface area contributed by atoms with Gasteiger partial charge in [0.2, 0.25) is 11.8 Å². The first kappa shape index (κ1) is 18.0. The van der Waals surface area contributed by atoms with Crippen LogP contribution in [-0.2, 0) is 22.4 Å². The van der Waals surface area contributed by atoms with E-state index in [0.717, 1.165) is 17.0 Å². The largest absolute Gasteiger partial charge is 0.496 e. The molecular weight excluding hydrogens is 332 g/mol. The number of H-pyrrole nitrogens is 1. The Morgan fingerprint density at radius 2 is 2.23 bits per heavy atom. The van der Waals surface area contributed by atoms with Crippen LogP contribution in [0.5, 0.6) is 5.75 Å². The summed E-state index contributed by atoms with van der Waals surface area (Å²) in [6.07, 6.45) is 5.05. The van der Waals surface area contributed by atoms with Gasteiger partial charge in [-0.25, -0.2) is 4.98 Å². The number of aromatic amines is 1. The van der Waals surface area contributed by atoms with Crippen LogP contribution in [0.4, 0.5) is 0 Å². The fraction of sp³-hybridized carbons (Fsp3) is 0.421. The summed E-state index contributed by atoms with van der Waals surface area (Å²) in [5.74, 6) is 0.528. The molecule has 0 radical (unpaired) electrons. The number of ether oxygens (including phenoxy) is 1. The van der Waals surface area contributed by atoms with Crippen LogP contribution < -0.4 is 10.1 Å². The summed E-state index contributed by atoms with van der Waals surface area (Å²) in [5, 5.41) is 2.91. The second kappa shape index (κ2) is 8.51. The van der Waals surface area contributed by atoms with Crippen LogP contribution in [0.25, 0.3) is 0 Å². The number of likely N-dealkylation sites (tertiary alicyclic amines) is 1. The van der Waals surface area contributed by atoms with E-state index in [1.807, 2.05) is 24.3 Å². The number of para-hydroxylation sites is 1. The molecule has 2 N–H and O–H groups in total. The predicted molar refractivity (Wildman–Crippen MR) is 96.7 cm³/mol. The van der Waals surface area contributed by atoms with Crippen LogP contribution in [0.1, 0.15) is 17.7 Å². The molecule has 1 aliphatic rings. The Hall–Kier alpha value is -2.83. The molecule has 0 saturated carbocycles. The molecule has 1 aromatic carbocycles.